The topological polar surface area (TPSA) is 34.4 Å². The van der Waals surface area contributed by atoms with Crippen LogP contribution < -0.4 is 10.1 Å². The minimum absolute atomic E-state index is 0.0109. The van der Waals surface area contributed by atoms with Gasteiger partial charge in [-0.1, -0.05) is 18.2 Å². The summed E-state index contributed by atoms with van der Waals surface area (Å²) in [5, 5.41) is 6.48. The van der Waals surface area contributed by atoms with Crippen molar-refractivity contribution in [3.8, 4) is 5.75 Å². The number of benzene rings is 1. The molecule has 1 unspecified atom stereocenters. The van der Waals surface area contributed by atoms with E-state index >= 15 is 0 Å². The lowest BCUT2D eigenvalue weighted by molar-refractivity contribution is 0.403. The summed E-state index contributed by atoms with van der Waals surface area (Å²) in [6.07, 6.45) is 0. The van der Waals surface area contributed by atoms with Crippen molar-refractivity contribution >= 4 is 22.3 Å². The molecular weight excluding hydrogens is 270 g/mol. The molecule has 0 aliphatic carbocycles. The molecule has 3 aromatic rings. The Morgan fingerprint density at radius 3 is 2.85 bits per heavy atom. The molecule has 0 bridgehead atoms. The van der Waals surface area contributed by atoms with Gasteiger partial charge in [-0.25, -0.2) is 0 Å². The first kappa shape index (κ1) is 13.2. The number of nitrogens with one attached hydrogen (secondary N) is 1. The number of hydrogen-bond donors (Lipinski definition) is 1. The molecule has 4 heteroatoms. The maximum absolute atomic E-state index is 6.06. The molecule has 20 heavy (non-hydrogen) atoms. The second-order valence-corrected chi connectivity index (χ2v) is 5.66. The molecule has 3 rings (SSSR count). The zero-order valence-corrected chi connectivity index (χ0v) is 12.6. The summed E-state index contributed by atoms with van der Waals surface area (Å²) in [4.78, 5) is 1.13. The minimum Gasteiger partial charge on any atom is -0.496 e. The molecular formula is C16H17NO2S. The number of para-hydroxylation sites is 1. The quantitative estimate of drug-likeness (QED) is 0.784. The summed E-state index contributed by atoms with van der Waals surface area (Å²) < 4.78 is 11.5. The number of ether oxygens (including phenoxy) is 1. The number of methoxy groups -OCH3 is 1. The van der Waals surface area contributed by atoms with Gasteiger partial charge in [0.2, 0.25) is 0 Å². The van der Waals surface area contributed by atoms with Crippen LogP contribution >= 0.6 is 11.3 Å². The highest BCUT2D eigenvalue weighted by molar-refractivity contribution is 7.10. The zero-order valence-electron chi connectivity index (χ0n) is 11.8. The van der Waals surface area contributed by atoms with Crippen LogP contribution in [-0.4, -0.2) is 14.2 Å². The maximum atomic E-state index is 6.06. The highest BCUT2D eigenvalue weighted by Crippen LogP contribution is 2.37. The third-order valence-corrected chi connectivity index (χ3v) is 4.44. The Bertz CT molecular complexity index is 729. The van der Waals surface area contributed by atoms with Crippen molar-refractivity contribution in [2.24, 2.45) is 0 Å². The molecule has 3 nitrogen and oxygen atoms in total. The van der Waals surface area contributed by atoms with Gasteiger partial charge in [0.15, 0.2) is 0 Å². The fraction of sp³-hybridized carbons (Fsp3) is 0.250. The van der Waals surface area contributed by atoms with Gasteiger partial charge in [0, 0.05) is 5.39 Å². The molecule has 2 heterocycles. The molecule has 0 saturated carbocycles. The molecule has 0 amide bonds. The number of thiophene rings is 1. The summed E-state index contributed by atoms with van der Waals surface area (Å²) in [6.45, 7) is 2.07. The zero-order chi connectivity index (χ0) is 14.1. The Labute approximate surface area is 122 Å². The molecule has 0 spiro atoms. The van der Waals surface area contributed by atoms with Crippen LogP contribution in [0, 0.1) is 6.92 Å². The standard InChI is InChI=1S/C16H17NO2S/c1-10-5-4-6-11-9-13(19-15(10)11)14(17-2)16-12(18-3)7-8-20-16/h4-9,14,17H,1-3H3. The largest absolute Gasteiger partial charge is 0.496 e. The van der Waals surface area contributed by atoms with E-state index < -0.39 is 0 Å². The van der Waals surface area contributed by atoms with E-state index in [1.54, 1.807) is 18.4 Å². The van der Waals surface area contributed by atoms with Crippen LogP contribution in [-0.2, 0) is 0 Å². The van der Waals surface area contributed by atoms with Crippen LogP contribution in [0.5, 0.6) is 5.75 Å². The van der Waals surface area contributed by atoms with Gasteiger partial charge in [-0.3, -0.25) is 0 Å². The minimum atomic E-state index is 0.0109. The first-order valence-electron chi connectivity index (χ1n) is 6.52. The molecule has 0 saturated heterocycles. The van der Waals surface area contributed by atoms with Crippen molar-refractivity contribution in [3.05, 3.63) is 51.9 Å². The van der Waals surface area contributed by atoms with E-state index in [0.29, 0.717) is 0 Å². The summed E-state index contributed by atoms with van der Waals surface area (Å²) in [5.41, 5.74) is 2.11. The van der Waals surface area contributed by atoms with Gasteiger partial charge in [0.1, 0.15) is 23.1 Å². The lowest BCUT2D eigenvalue weighted by atomic mass is 10.1. The summed E-state index contributed by atoms with van der Waals surface area (Å²) in [7, 11) is 3.63. The van der Waals surface area contributed by atoms with E-state index in [4.69, 9.17) is 9.15 Å². The molecule has 0 aliphatic rings. The summed E-state index contributed by atoms with van der Waals surface area (Å²) >= 11 is 1.67. The van der Waals surface area contributed by atoms with Gasteiger partial charge in [-0.2, -0.15) is 0 Å². The Balaban J connectivity index is 2.10. The highest BCUT2D eigenvalue weighted by Gasteiger charge is 2.22. The first-order chi connectivity index (χ1) is 9.74. The van der Waals surface area contributed by atoms with Crippen molar-refractivity contribution in [1.82, 2.24) is 5.32 Å². The number of fused-ring (bicyclic) bond motifs is 1. The van der Waals surface area contributed by atoms with Crippen LogP contribution in [0.25, 0.3) is 11.0 Å². The van der Waals surface area contributed by atoms with Gasteiger partial charge in [-0.15, -0.1) is 11.3 Å². The molecule has 0 fully saturated rings. The van der Waals surface area contributed by atoms with E-state index in [0.717, 1.165) is 32.9 Å². The fourth-order valence-electron chi connectivity index (χ4n) is 2.46. The number of aryl methyl sites for hydroxylation is 1. The van der Waals surface area contributed by atoms with E-state index in [-0.39, 0.29) is 6.04 Å². The average molecular weight is 287 g/mol. The Hall–Kier alpha value is -1.78. The SMILES string of the molecule is CNC(c1cc2cccc(C)c2o1)c1sccc1OC. The third kappa shape index (κ3) is 2.11. The molecule has 1 N–H and O–H groups in total. The van der Waals surface area contributed by atoms with Crippen molar-refractivity contribution in [1.29, 1.82) is 0 Å². The maximum Gasteiger partial charge on any atom is 0.137 e. The van der Waals surface area contributed by atoms with Crippen LogP contribution in [0.3, 0.4) is 0 Å². The van der Waals surface area contributed by atoms with Crippen molar-refractivity contribution in [2.45, 2.75) is 13.0 Å². The Kier molecular flexibility index (Phi) is 3.51. The van der Waals surface area contributed by atoms with E-state index in [2.05, 4.69) is 36.5 Å². The Morgan fingerprint density at radius 2 is 2.15 bits per heavy atom. The molecule has 104 valence electrons. The predicted molar refractivity (Wildman–Crippen MR) is 82.7 cm³/mol. The van der Waals surface area contributed by atoms with E-state index in [9.17, 15) is 0 Å². The molecule has 0 radical (unpaired) electrons. The smallest absolute Gasteiger partial charge is 0.137 e. The van der Waals surface area contributed by atoms with Crippen molar-refractivity contribution < 1.29 is 9.15 Å². The number of hydrogen-bond acceptors (Lipinski definition) is 4. The lowest BCUT2D eigenvalue weighted by Crippen LogP contribution is -2.16. The van der Waals surface area contributed by atoms with Gasteiger partial charge in [0.05, 0.1) is 12.0 Å². The lowest BCUT2D eigenvalue weighted by Gasteiger charge is -2.13. The normalized spacial score (nSPS) is 12.8. The Morgan fingerprint density at radius 1 is 1.30 bits per heavy atom. The molecule has 2 aromatic heterocycles. The van der Waals surface area contributed by atoms with Gasteiger partial charge < -0.3 is 14.5 Å². The van der Waals surface area contributed by atoms with Crippen molar-refractivity contribution in [3.63, 3.8) is 0 Å². The predicted octanol–water partition coefficient (Wildman–Crippen LogP) is 4.12. The monoisotopic (exact) mass is 287 g/mol. The van der Waals surface area contributed by atoms with Gasteiger partial charge >= 0.3 is 0 Å². The van der Waals surface area contributed by atoms with Crippen LogP contribution in [0.4, 0.5) is 0 Å². The second-order valence-electron chi connectivity index (χ2n) is 4.72. The summed E-state index contributed by atoms with van der Waals surface area (Å²) in [6, 6.07) is 10.3. The van der Waals surface area contributed by atoms with Crippen molar-refractivity contribution in [2.75, 3.05) is 14.2 Å². The van der Waals surface area contributed by atoms with Gasteiger partial charge in [0.25, 0.3) is 0 Å². The average Bonchev–Trinajstić information content (AvgIpc) is 3.07. The molecule has 1 atom stereocenters. The third-order valence-electron chi connectivity index (χ3n) is 3.47. The number of furan rings is 1. The van der Waals surface area contributed by atoms with Crippen LogP contribution in [0.2, 0.25) is 0 Å². The molecule has 1 aromatic carbocycles. The number of rotatable bonds is 4. The van der Waals surface area contributed by atoms with Crippen LogP contribution in [0.1, 0.15) is 22.2 Å². The van der Waals surface area contributed by atoms with E-state index in [1.807, 2.05) is 18.5 Å². The summed E-state index contributed by atoms with van der Waals surface area (Å²) in [5.74, 6) is 1.81. The second kappa shape index (κ2) is 5.31. The van der Waals surface area contributed by atoms with Gasteiger partial charge in [-0.05, 0) is 37.0 Å². The van der Waals surface area contributed by atoms with Crippen LogP contribution in [0.15, 0.2) is 40.1 Å². The highest BCUT2D eigenvalue weighted by atomic mass is 32.1. The molecule has 0 aliphatic heterocycles. The fourth-order valence-corrected chi connectivity index (χ4v) is 3.44. The van der Waals surface area contributed by atoms with E-state index in [1.165, 1.54) is 0 Å². The first-order valence-corrected chi connectivity index (χ1v) is 7.40.